The highest BCUT2D eigenvalue weighted by atomic mass is 29.3. The zero-order valence-electron chi connectivity index (χ0n) is 16.9. The Kier molecular flexibility index (Phi) is 6.71. The molecule has 26 heavy (non-hydrogen) atoms. The van der Waals surface area contributed by atoms with Crippen molar-refractivity contribution in [2.45, 2.75) is 51.9 Å². The minimum absolute atomic E-state index is 0.586. The van der Waals surface area contributed by atoms with Gasteiger partial charge in [0.05, 0.1) is 0 Å². The summed E-state index contributed by atoms with van der Waals surface area (Å²) in [4.78, 5) is 0. The van der Waals surface area contributed by atoms with Gasteiger partial charge < -0.3 is 0 Å². The van der Waals surface area contributed by atoms with E-state index in [1.54, 1.807) is 0 Å². The fourth-order valence-corrected chi connectivity index (χ4v) is 16.6. The van der Waals surface area contributed by atoms with Crippen LogP contribution < -0.4 is 0 Å². The largest absolute Gasteiger partial charge is 0.144 e. The lowest BCUT2D eigenvalue weighted by atomic mass is 10.2. The Balaban J connectivity index is 2.52. The minimum atomic E-state index is -1.88. The molecule has 0 saturated carbocycles. The van der Waals surface area contributed by atoms with Crippen LogP contribution in [0.15, 0.2) is 60.7 Å². The standard InChI is InChI=1S/C24H30Si2/c1-21(2)25(5,19-17-23-13-9-7-10-14-23)26(6,22(3)4)20-18-24-15-11-8-12-16-24/h7-16,21-22H,1-6H3. The molecular weight excluding hydrogens is 344 g/mol. The van der Waals surface area contributed by atoms with Crippen LogP contribution in [0.3, 0.4) is 0 Å². The molecule has 2 atom stereocenters. The molecule has 0 amide bonds. The van der Waals surface area contributed by atoms with Gasteiger partial charge in [-0.15, -0.1) is 11.1 Å². The fraction of sp³-hybridized carbons (Fsp3) is 0.333. The van der Waals surface area contributed by atoms with Crippen LogP contribution in [0.2, 0.25) is 24.2 Å². The predicted octanol–water partition coefficient (Wildman–Crippen LogP) is 6.22. The van der Waals surface area contributed by atoms with Crippen LogP contribution in [0.25, 0.3) is 0 Å². The van der Waals surface area contributed by atoms with Crippen LogP contribution in [0.1, 0.15) is 38.8 Å². The van der Waals surface area contributed by atoms with Crippen molar-refractivity contribution in [1.82, 2.24) is 0 Å². The summed E-state index contributed by atoms with van der Waals surface area (Å²) >= 11 is 0. The van der Waals surface area contributed by atoms with E-state index in [0.29, 0.717) is 11.1 Å². The van der Waals surface area contributed by atoms with E-state index in [4.69, 9.17) is 0 Å². The number of rotatable bonds is 3. The molecule has 2 aromatic carbocycles. The molecule has 0 N–H and O–H groups in total. The Morgan fingerprint density at radius 2 is 0.885 bits per heavy atom. The quantitative estimate of drug-likeness (QED) is 0.441. The van der Waals surface area contributed by atoms with Gasteiger partial charge in [0.25, 0.3) is 0 Å². The van der Waals surface area contributed by atoms with E-state index in [9.17, 15) is 0 Å². The molecule has 0 aliphatic rings. The first kappa shape index (κ1) is 20.3. The van der Waals surface area contributed by atoms with Gasteiger partial charge in [-0.3, -0.25) is 0 Å². The molecule has 0 nitrogen and oxygen atoms in total. The maximum Gasteiger partial charge on any atom is 0.144 e. The van der Waals surface area contributed by atoms with E-state index in [1.165, 1.54) is 0 Å². The zero-order valence-corrected chi connectivity index (χ0v) is 18.9. The van der Waals surface area contributed by atoms with Gasteiger partial charge >= 0.3 is 0 Å². The molecule has 0 aromatic heterocycles. The summed E-state index contributed by atoms with van der Waals surface area (Å²) in [6, 6.07) is 20.7. The predicted molar refractivity (Wildman–Crippen MR) is 120 cm³/mol. The average molecular weight is 375 g/mol. The maximum atomic E-state index is 3.82. The van der Waals surface area contributed by atoms with Crippen LogP contribution in [-0.4, -0.2) is 15.2 Å². The lowest BCUT2D eigenvalue weighted by Gasteiger charge is -2.41. The molecule has 0 bridgehead atoms. The van der Waals surface area contributed by atoms with E-state index in [1.807, 2.05) is 12.1 Å². The molecular formula is C24H30Si2. The molecule has 2 aromatic rings. The van der Waals surface area contributed by atoms with Gasteiger partial charge in [0, 0.05) is 11.1 Å². The number of hydrogen-bond donors (Lipinski definition) is 0. The summed E-state index contributed by atoms with van der Waals surface area (Å²) in [5, 5.41) is 0. The Morgan fingerprint density at radius 3 is 1.15 bits per heavy atom. The van der Waals surface area contributed by atoms with E-state index < -0.39 is 15.2 Å². The summed E-state index contributed by atoms with van der Waals surface area (Å²) in [5.41, 5.74) is 11.0. The number of benzene rings is 2. The third-order valence-electron chi connectivity index (χ3n) is 5.87. The number of hydrogen-bond acceptors (Lipinski definition) is 0. The van der Waals surface area contributed by atoms with Crippen LogP contribution >= 0.6 is 0 Å². The van der Waals surface area contributed by atoms with Gasteiger partial charge in [-0.25, -0.2) is 0 Å². The second kappa shape index (κ2) is 8.59. The lowest BCUT2D eigenvalue weighted by molar-refractivity contribution is 1.00. The zero-order chi connectivity index (χ0) is 19.2. The molecule has 0 heterocycles. The first-order chi connectivity index (χ1) is 12.3. The summed E-state index contributed by atoms with van der Waals surface area (Å²) in [6.07, 6.45) is 0. The fourth-order valence-electron chi connectivity index (χ4n) is 3.19. The summed E-state index contributed by atoms with van der Waals surface area (Å²) in [7, 11) is -3.75. The Morgan fingerprint density at radius 1 is 0.577 bits per heavy atom. The summed E-state index contributed by atoms with van der Waals surface area (Å²) < 4.78 is 0. The van der Waals surface area contributed by atoms with Crippen LogP contribution in [0, 0.1) is 22.9 Å². The van der Waals surface area contributed by atoms with Gasteiger partial charge in [-0.05, 0) is 35.3 Å². The van der Waals surface area contributed by atoms with Gasteiger partial charge in [0.1, 0.15) is 15.2 Å². The van der Waals surface area contributed by atoms with Gasteiger partial charge in [0.2, 0.25) is 0 Å². The van der Waals surface area contributed by atoms with Crippen molar-refractivity contribution in [3.8, 4) is 22.9 Å². The van der Waals surface area contributed by atoms with Crippen molar-refractivity contribution in [1.29, 1.82) is 0 Å². The summed E-state index contributed by atoms with van der Waals surface area (Å²) in [6.45, 7) is 14.3. The van der Waals surface area contributed by atoms with Gasteiger partial charge in [-0.1, -0.05) is 89.0 Å². The van der Waals surface area contributed by atoms with E-state index >= 15 is 0 Å². The van der Waals surface area contributed by atoms with E-state index in [-0.39, 0.29) is 0 Å². The highest BCUT2D eigenvalue weighted by Gasteiger charge is 2.51. The van der Waals surface area contributed by atoms with Crippen molar-refractivity contribution < 1.29 is 0 Å². The van der Waals surface area contributed by atoms with Gasteiger partial charge in [0.15, 0.2) is 0 Å². The molecule has 2 rings (SSSR count). The normalized spacial score (nSPS) is 15.2. The third kappa shape index (κ3) is 4.39. The van der Waals surface area contributed by atoms with Crippen LogP contribution in [0.4, 0.5) is 0 Å². The van der Waals surface area contributed by atoms with Crippen LogP contribution in [-0.2, 0) is 0 Å². The molecule has 0 aliphatic heterocycles. The van der Waals surface area contributed by atoms with Crippen molar-refractivity contribution in [2.24, 2.45) is 0 Å². The average Bonchev–Trinajstić information content (AvgIpc) is 2.65. The Bertz CT molecular complexity index is 758. The van der Waals surface area contributed by atoms with E-state index in [2.05, 4.69) is 112 Å². The SMILES string of the molecule is CC(C)[Si](C)(C#Cc1ccccc1)[Si](C)(C#Cc1ccccc1)C(C)C. The summed E-state index contributed by atoms with van der Waals surface area (Å²) in [5.74, 6) is 7.01. The molecule has 0 aliphatic carbocycles. The van der Waals surface area contributed by atoms with Gasteiger partial charge in [-0.2, -0.15) is 0 Å². The second-order valence-corrected chi connectivity index (χ2v) is 21.8. The monoisotopic (exact) mass is 374 g/mol. The van der Waals surface area contributed by atoms with Crippen molar-refractivity contribution >= 4 is 15.2 Å². The van der Waals surface area contributed by atoms with Crippen molar-refractivity contribution in [2.75, 3.05) is 0 Å². The van der Waals surface area contributed by atoms with Crippen molar-refractivity contribution in [3.05, 3.63) is 71.8 Å². The van der Waals surface area contributed by atoms with Crippen LogP contribution in [0.5, 0.6) is 0 Å². The smallest absolute Gasteiger partial charge is 0.128 e. The molecule has 0 saturated heterocycles. The minimum Gasteiger partial charge on any atom is -0.128 e. The molecule has 2 unspecified atom stereocenters. The lowest BCUT2D eigenvalue weighted by Crippen LogP contribution is -2.61. The first-order valence-electron chi connectivity index (χ1n) is 9.46. The molecule has 134 valence electrons. The first-order valence-corrected chi connectivity index (χ1v) is 15.6. The molecule has 0 spiro atoms. The van der Waals surface area contributed by atoms with Crippen molar-refractivity contribution in [3.63, 3.8) is 0 Å². The second-order valence-electron chi connectivity index (χ2n) is 7.95. The molecule has 0 fully saturated rings. The molecule has 0 radical (unpaired) electrons. The molecule has 2 heteroatoms. The Labute approximate surface area is 161 Å². The Hall–Kier alpha value is -2.01. The highest BCUT2D eigenvalue weighted by Crippen LogP contribution is 2.37. The maximum absolute atomic E-state index is 3.82. The van der Waals surface area contributed by atoms with E-state index in [0.717, 1.165) is 11.1 Å². The third-order valence-corrected chi connectivity index (χ3v) is 24.6. The highest BCUT2D eigenvalue weighted by molar-refractivity contribution is 7.48. The topological polar surface area (TPSA) is 0 Å².